The van der Waals surface area contributed by atoms with E-state index in [1.54, 1.807) is 18.3 Å². The number of hydrogen-bond acceptors (Lipinski definition) is 4. The number of pyridine rings is 1. The van der Waals surface area contributed by atoms with Gasteiger partial charge < -0.3 is 15.8 Å². The molecule has 1 heterocycles. The van der Waals surface area contributed by atoms with E-state index >= 15 is 0 Å². The number of nitrogens with two attached hydrogens (primary N) is 1. The molecule has 3 N–H and O–H groups in total. The standard InChI is InChI=1S/C11H16BrN3O2/c1-2-17-9(6-13)5-11(16)15-8-3-4-10(12)14-7-8/h3-4,7,9H,2,5-6,13H2,1H3,(H,15,16). The van der Waals surface area contributed by atoms with Crippen LogP contribution < -0.4 is 11.1 Å². The van der Waals surface area contributed by atoms with Gasteiger partial charge in [0.15, 0.2) is 0 Å². The van der Waals surface area contributed by atoms with Crippen LogP contribution >= 0.6 is 15.9 Å². The van der Waals surface area contributed by atoms with Gasteiger partial charge in [0.1, 0.15) is 4.60 Å². The average Bonchev–Trinajstić information content (AvgIpc) is 2.31. The molecule has 6 heteroatoms. The molecule has 1 aromatic rings. The molecule has 0 aliphatic heterocycles. The van der Waals surface area contributed by atoms with Gasteiger partial charge in [-0.25, -0.2) is 4.98 Å². The molecule has 0 aromatic carbocycles. The smallest absolute Gasteiger partial charge is 0.227 e. The summed E-state index contributed by atoms with van der Waals surface area (Å²) in [7, 11) is 0. The largest absolute Gasteiger partial charge is 0.377 e. The molecule has 0 fully saturated rings. The zero-order chi connectivity index (χ0) is 12.7. The van der Waals surface area contributed by atoms with E-state index in [1.165, 1.54) is 0 Å². The number of halogens is 1. The van der Waals surface area contributed by atoms with Gasteiger partial charge in [0.05, 0.1) is 24.4 Å². The lowest BCUT2D eigenvalue weighted by molar-refractivity contribution is -0.118. The summed E-state index contributed by atoms with van der Waals surface area (Å²) in [5.41, 5.74) is 6.15. The van der Waals surface area contributed by atoms with E-state index in [4.69, 9.17) is 10.5 Å². The maximum Gasteiger partial charge on any atom is 0.227 e. The third kappa shape index (κ3) is 5.25. The lowest BCUT2D eigenvalue weighted by Crippen LogP contribution is -2.29. The summed E-state index contributed by atoms with van der Waals surface area (Å²) < 4.78 is 6.04. The monoisotopic (exact) mass is 301 g/mol. The van der Waals surface area contributed by atoms with Gasteiger partial charge >= 0.3 is 0 Å². The lowest BCUT2D eigenvalue weighted by atomic mass is 10.2. The molecule has 5 nitrogen and oxygen atoms in total. The van der Waals surface area contributed by atoms with Crippen molar-refractivity contribution in [2.45, 2.75) is 19.4 Å². The van der Waals surface area contributed by atoms with Crippen molar-refractivity contribution in [3.8, 4) is 0 Å². The highest BCUT2D eigenvalue weighted by Crippen LogP contribution is 2.11. The highest BCUT2D eigenvalue weighted by molar-refractivity contribution is 9.10. The molecule has 1 amide bonds. The van der Waals surface area contributed by atoms with Crippen molar-refractivity contribution < 1.29 is 9.53 Å². The first kappa shape index (κ1) is 14.1. The summed E-state index contributed by atoms with van der Waals surface area (Å²) >= 11 is 3.22. The van der Waals surface area contributed by atoms with Crippen LogP contribution in [-0.2, 0) is 9.53 Å². The van der Waals surface area contributed by atoms with Gasteiger partial charge in [-0.3, -0.25) is 4.79 Å². The fourth-order valence-corrected chi connectivity index (χ4v) is 1.55. The third-order valence-corrected chi connectivity index (χ3v) is 2.56. The number of hydrogen-bond donors (Lipinski definition) is 2. The van der Waals surface area contributed by atoms with Crippen molar-refractivity contribution >= 4 is 27.5 Å². The molecule has 0 saturated carbocycles. The molecule has 0 spiro atoms. The van der Waals surface area contributed by atoms with Crippen LogP contribution in [-0.4, -0.2) is 30.1 Å². The minimum atomic E-state index is -0.233. The van der Waals surface area contributed by atoms with E-state index in [-0.39, 0.29) is 18.4 Å². The Kier molecular flexibility index (Phi) is 6.10. The van der Waals surface area contributed by atoms with Gasteiger partial charge in [-0.15, -0.1) is 0 Å². The van der Waals surface area contributed by atoms with Crippen LogP contribution in [0.3, 0.4) is 0 Å². The second-order valence-electron chi connectivity index (χ2n) is 3.43. The van der Waals surface area contributed by atoms with E-state index < -0.39 is 0 Å². The normalized spacial score (nSPS) is 12.2. The van der Waals surface area contributed by atoms with Crippen molar-refractivity contribution in [2.75, 3.05) is 18.5 Å². The molecule has 94 valence electrons. The molecule has 0 aliphatic carbocycles. The van der Waals surface area contributed by atoms with E-state index in [2.05, 4.69) is 26.2 Å². The number of carbonyl (C=O) groups excluding carboxylic acids is 1. The molecule has 0 saturated heterocycles. The van der Waals surface area contributed by atoms with Crippen LogP contribution in [0.15, 0.2) is 22.9 Å². The third-order valence-electron chi connectivity index (χ3n) is 2.09. The van der Waals surface area contributed by atoms with Gasteiger partial charge in [-0.05, 0) is 35.0 Å². The quantitative estimate of drug-likeness (QED) is 0.781. The highest BCUT2D eigenvalue weighted by Gasteiger charge is 2.12. The Morgan fingerprint density at radius 2 is 2.41 bits per heavy atom. The summed E-state index contributed by atoms with van der Waals surface area (Å²) in [5.74, 6) is -0.127. The lowest BCUT2D eigenvalue weighted by Gasteiger charge is -2.14. The Morgan fingerprint density at radius 1 is 1.65 bits per heavy atom. The maximum atomic E-state index is 11.7. The first-order valence-corrected chi connectivity index (χ1v) is 6.18. The number of aromatic nitrogens is 1. The van der Waals surface area contributed by atoms with Crippen LogP contribution in [0.2, 0.25) is 0 Å². The van der Waals surface area contributed by atoms with Gasteiger partial charge in [0.2, 0.25) is 5.91 Å². The zero-order valence-electron chi connectivity index (χ0n) is 9.65. The van der Waals surface area contributed by atoms with Crippen LogP contribution in [0.25, 0.3) is 0 Å². The minimum absolute atomic E-state index is 0.127. The Morgan fingerprint density at radius 3 is 2.94 bits per heavy atom. The number of carbonyl (C=O) groups is 1. The van der Waals surface area contributed by atoms with Crippen molar-refractivity contribution in [2.24, 2.45) is 5.73 Å². The number of amides is 1. The Hall–Kier alpha value is -0.980. The molecular formula is C11H16BrN3O2. The fourth-order valence-electron chi connectivity index (χ4n) is 1.31. The van der Waals surface area contributed by atoms with Gasteiger partial charge in [0, 0.05) is 13.2 Å². The Balaban J connectivity index is 2.46. The van der Waals surface area contributed by atoms with Gasteiger partial charge in [-0.2, -0.15) is 0 Å². The van der Waals surface area contributed by atoms with E-state index in [0.717, 1.165) is 4.60 Å². The van der Waals surface area contributed by atoms with Crippen LogP contribution in [0, 0.1) is 0 Å². The summed E-state index contributed by atoms with van der Waals surface area (Å²) in [5, 5.41) is 2.73. The second kappa shape index (κ2) is 7.37. The summed E-state index contributed by atoms with van der Waals surface area (Å²) in [6, 6.07) is 3.53. The van der Waals surface area contributed by atoms with Crippen molar-refractivity contribution in [1.82, 2.24) is 4.98 Å². The number of rotatable bonds is 6. The van der Waals surface area contributed by atoms with E-state index in [1.807, 2.05) is 6.92 Å². The molecule has 0 radical (unpaired) electrons. The first-order chi connectivity index (χ1) is 8.15. The maximum absolute atomic E-state index is 11.7. The van der Waals surface area contributed by atoms with E-state index in [9.17, 15) is 4.79 Å². The van der Waals surface area contributed by atoms with Crippen LogP contribution in [0.1, 0.15) is 13.3 Å². The summed E-state index contributed by atoms with van der Waals surface area (Å²) in [6.07, 6.45) is 1.60. The minimum Gasteiger partial charge on any atom is -0.377 e. The molecule has 1 atom stereocenters. The first-order valence-electron chi connectivity index (χ1n) is 5.38. The van der Waals surface area contributed by atoms with Crippen LogP contribution in [0.5, 0.6) is 0 Å². The average molecular weight is 302 g/mol. The number of anilines is 1. The summed E-state index contributed by atoms with van der Waals surface area (Å²) in [4.78, 5) is 15.7. The number of ether oxygens (including phenoxy) is 1. The predicted molar refractivity (Wildman–Crippen MR) is 69.7 cm³/mol. The zero-order valence-corrected chi connectivity index (χ0v) is 11.2. The molecule has 0 aliphatic rings. The number of nitrogens with zero attached hydrogens (tertiary/aromatic N) is 1. The molecule has 17 heavy (non-hydrogen) atoms. The van der Waals surface area contributed by atoms with E-state index in [0.29, 0.717) is 18.8 Å². The molecule has 1 unspecified atom stereocenters. The Bertz CT molecular complexity index is 356. The second-order valence-corrected chi connectivity index (χ2v) is 4.25. The fraction of sp³-hybridized carbons (Fsp3) is 0.455. The molecular weight excluding hydrogens is 286 g/mol. The highest BCUT2D eigenvalue weighted by atomic mass is 79.9. The van der Waals surface area contributed by atoms with Crippen molar-refractivity contribution in [1.29, 1.82) is 0 Å². The van der Waals surface area contributed by atoms with Gasteiger partial charge in [-0.1, -0.05) is 0 Å². The number of nitrogens with one attached hydrogen (secondary N) is 1. The molecule has 1 aromatic heterocycles. The SMILES string of the molecule is CCOC(CN)CC(=O)Nc1ccc(Br)nc1. The molecule has 0 bridgehead atoms. The van der Waals surface area contributed by atoms with Crippen molar-refractivity contribution in [3.63, 3.8) is 0 Å². The van der Waals surface area contributed by atoms with Gasteiger partial charge in [0.25, 0.3) is 0 Å². The van der Waals surface area contributed by atoms with Crippen LogP contribution in [0.4, 0.5) is 5.69 Å². The molecule has 1 rings (SSSR count). The topological polar surface area (TPSA) is 77.2 Å². The Labute approximate surface area is 109 Å². The van der Waals surface area contributed by atoms with Crippen molar-refractivity contribution in [3.05, 3.63) is 22.9 Å². The summed E-state index contributed by atoms with van der Waals surface area (Å²) in [6.45, 7) is 2.76. The predicted octanol–water partition coefficient (Wildman–Crippen LogP) is 1.54.